The fourth-order valence-corrected chi connectivity index (χ4v) is 6.79. The summed E-state index contributed by atoms with van der Waals surface area (Å²) in [5.74, 6) is 1.87. The molecule has 2 nitrogen and oxygen atoms in total. The second kappa shape index (κ2) is 5.62. The molecule has 4 fully saturated rings. The number of ether oxygens (including phenoxy) is 1. The van der Waals surface area contributed by atoms with Crippen molar-refractivity contribution in [1.82, 2.24) is 5.32 Å². The third-order valence-electron chi connectivity index (χ3n) is 6.58. The molecule has 24 heavy (non-hydrogen) atoms. The van der Waals surface area contributed by atoms with Gasteiger partial charge in [0, 0.05) is 12.1 Å². The Bertz CT molecular complexity index is 601. The van der Waals surface area contributed by atoms with Crippen molar-refractivity contribution in [3.8, 4) is 5.75 Å². The van der Waals surface area contributed by atoms with Crippen LogP contribution in [0.4, 0.5) is 0 Å². The van der Waals surface area contributed by atoms with Crippen molar-refractivity contribution in [3.63, 3.8) is 0 Å². The van der Waals surface area contributed by atoms with Crippen LogP contribution in [0.15, 0.2) is 36.9 Å². The first-order valence-electron chi connectivity index (χ1n) is 9.49. The predicted molar refractivity (Wildman–Crippen MR) is 99.1 cm³/mol. The Morgan fingerprint density at radius 3 is 2.33 bits per heavy atom. The Balaban J connectivity index is 1.43. The number of hydrogen-bond donors (Lipinski definition) is 1. The maximum absolute atomic E-state index is 5.58. The molecule has 130 valence electrons. The Hall–Kier alpha value is -1.28. The molecule has 1 N–H and O–H groups in total. The summed E-state index contributed by atoms with van der Waals surface area (Å²) in [6.07, 6.45) is 10.3. The zero-order valence-corrected chi connectivity index (χ0v) is 15.2. The topological polar surface area (TPSA) is 21.3 Å². The molecule has 2 unspecified atom stereocenters. The lowest BCUT2D eigenvalue weighted by atomic mass is 9.43. The number of benzene rings is 1. The first-order valence-corrected chi connectivity index (χ1v) is 9.49. The zero-order valence-electron chi connectivity index (χ0n) is 15.2. The number of hydrogen-bond acceptors (Lipinski definition) is 2. The Morgan fingerprint density at radius 1 is 1.08 bits per heavy atom. The van der Waals surface area contributed by atoms with Crippen molar-refractivity contribution >= 4 is 0 Å². The van der Waals surface area contributed by atoms with Crippen LogP contribution in [0.25, 0.3) is 0 Å². The highest BCUT2D eigenvalue weighted by Gasteiger charge is 2.59. The molecule has 4 aliphatic rings. The first-order chi connectivity index (χ1) is 11.4. The van der Waals surface area contributed by atoms with Crippen molar-refractivity contribution in [2.75, 3.05) is 6.61 Å². The van der Waals surface area contributed by atoms with Gasteiger partial charge in [-0.05, 0) is 73.0 Å². The van der Waals surface area contributed by atoms with Crippen molar-refractivity contribution < 1.29 is 4.74 Å². The van der Waals surface area contributed by atoms with Crippen LogP contribution >= 0.6 is 0 Å². The molecule has 0 heterocycles. The van der Waals surface area contributed by atoms with E-state index < -0.39 is 0 Å². The van der Waals surface area contributed by atoms with Gasteiger partial charge in [0.25, 0.3) is 0 Å². The van der Waals surface area contributed by atoms with E-state index >= 15 is 0 Å². The lowest BCUT2D eigenvalue weighted by Gasteiger charge is -2.65. The summed E-state index contributed by atoms with van der Waals surface area (Å²) in [6, 6.07) is 8.52. The largest absolute Gasteiger partial charge is 0.490 e. The third-order valence-corrected chi connectivity index (χ3v) is 6.58. The molecule has 4 saturated carbocycles. The Labute approximate surface area is 146 Å². The quantitative estimate of drug-likeness (QED) is 0.736. The predicted octanol–water partition coefficient (Wildman–Crippen LogP) is 5.09. The van der Waals surface area contributed by atoms with Crippen molar-refractivity contribution in [2.45, 2.75) is 64.5 Å². The van der Waals surface area contributed by atoms with Crippen LogP contribution in [0.3, 0.4) is 0 Å². The molecule has 4 bridgehead atoms. The standard InChI is InChI=1S/C22H31NO/c1-4-9-24-19-7-5-17(6-8-19)13-23-22-12-18-10-20(2,15-22)14-21(3,11-18)16-22/h4-8,18,23H,1,9-16H2,2-3H3. The van der Waals surface area contributed by atoms with Crippen LogP contribution in [0, 0.1) is 16.7 Å². The summed E-state index contributed by atoms with van der Waals surface area (Å²) >= 11 is 0. The second-order valence-electron chi connectivity index (χ2n) is 9.51. The van der Waals surface area contributed by atoms with E-state index in [1.165, 1.54) is 44.1 Å². The molecule has 5 rings (SSSR count). The van der Waals surface area contributed by atoms with Crippen LogP contribution < -0.4 is 10.1 Å². The first kappa shape index (κ1) is 16.2. The molecular weight excluding hydrogens is 294 g/mol. The summed E-state index contributed by atoms with van der Waals surface area (Å²) in [7, 11) is 0. The monoisotopic (exact) mass is 325 g/mol. The van der Waals surface area contributed by atoms with Crippen LogP contribution in [-0.2, 0) is 6.54 Å². The van der Waals surface area contributed by atoms with Crippen LogP contribution in [-0.4, -0.2) is 12.1 Å². The molecule has 4 aliphatic carbocycles. The van der Waals surface area contributed by atoms with E-state index in [9.17, 15) is 0 Å². The Morgan fingerprint density at radius 2 is 1.75 bits per heavy atom. The van der Waals surface area contributed by atoms with E-state index in [1.807, 2.05) is 0 Å². The van der Waals surface area contributed by atoms with Crippen molar-refractivity contribution in [1.29, 1.82) is 0 Å². The van der Waals surface area contributed by atoms with Gasteiger partial charge in [-0.1, -0.05) is 38.6 Å². The van der Waals surface area contributed by atoms with Gasteiger partial charge in [0.05, 0.1) is 0 Å². The van der Waals surface area contributed by atoms with Crippen molar-refractivity contribution in [2.24, 2.45) is 16.7 Å². The maximum Gasteiger partial charge on any atom is 0.119 e. The highest BCUT2D eigenvalue weighted by molar-refractivity contribution is 5.27. The van der Waals surface area contributed by atoms with Gasteiger partial charge in [-0.2, -0.15) is 0 Å². The fourth-order valence-electron chi connectivity index (χ4n) is 6.79. The van der Waals surface area contributed by atoms with E-state index in [0.29, 0.717) is 23.0 Å². The molecule has 2 heteroatoms. The van der Waals surface area contributed by atoms with Crippen LogP contribution in [0.5, 0.6) is 5.75 Å². The van der Waals surface area contributed by atoms with Gasteiger partial charge >= 0.3 is 0 Å². The zero-order chi connectivity index (χ0) is 16.8. The number of rotatable bonds is 6. The smallest absolute Gasteiger partial charge is 0.119 e. The normalized spacial score (nSPS) is 39.8. The SMILES string of the molecule is C=CCOc1ccc(CNC23CC4CC(C)(CC(C)(C4)C2)C3)cc1. The summed E-state index contributed by atoms with van der Waals surface area (Å²) < 4.78 is 5.58. The average molecular weight is 325 g/mol. The molecule has 0 aliphatic heterocycles. The van der Waals surface area contributed by atoms with Gasteiger partial charge in [-0.15, -0.1) is 0 Å². The maximum atomic E-state index is 5.58. The highest BCUT2D eigenvalue weighted by atomic mass is 16.5. The highest BCUT2D eigenvalue weighted by Crippen LogP contribution is 2.66. The fraction of sp³-hybridized carbons (Fsp3) is 0.636. The lowest BCUT2D eigenvalue weighted by molar-refractivity contribution is -0.118. The van der Waals surface area contributed by atoms with Gasteiger partial charge < -0.3 is 10.1 Å². The minimum absolute atomic E-state index is 0.376. The third kappa shape index (κ3) is 3.01. The van der Waals surface area contributed by atoms with Crippen LogP contribution in [0.2, 0.25) is 0 Å². The molecule has 0 radical (unpaired) electrons. The lowest BCUT2D eigenvalue weighted by Crippen LogP contribution is -2.63. The summed E-state index contributed by atoms with van der Waals surface area (Å²) in [5.41, 5.74) is 2.88. The van der Waals surface area contributed by atoms with E-state index in [2.05, 4.69) is 50.0 Å². The minimum Gasteiger partial charge on any atom is -0.490 e. The Kier molecular flexibility index (Phi) is 3.80. The number of nitrogens with one attached hydrogen (secondary N) is 1. The molecule has 1 aromatic carbocycles. The average Bonchev–Trinajstić information content (AvgIpc) is 2.48. The van der Waals surface area contributed by atoms with E-state index in [1.54, 1.807) is 6.08 Å². The van der Waals surface area contributed by atoms with E-state index in [-0.39, 0.29) is 0 Å². The molecular formula is C22H31NO. The summed E-state index contributed by atoms with van der Waals surface area (Å²) in [4.78, 5) is 0. The molecule has 0 spiro atoms. The van der Waals surface area contributed by atoms with Gasteiger partial charge in [0.1, 0.15) is 12.4 Å². The molecule has 0 aromatic heterocycles. The molecule has 1 aromatic rings. The van der Waals surface area contributed by atoms with Gasteiger partial charge in [0.2, 0.25) is 0 Å². The van der Waals surface area contributed by atoms with Crippen LogP contribution in [0.1, 0.15) is 57.9 Å². The van der Waals surface area contributed by atoms with Gasteiger partial charge in [-0.3, -0.25) is 0 Å². The summed E-state index contributed by atoms with van der Waals surface area (Å²) in [5, 5.41) is 4.00. The molecule has 0 amide bonds. The summed E-state index contributed by atoms with van der Waals surface area (Å²) in [6.45, 7) is 10.3. The van der Waals surface area contributed by atoms with Gasteiger partial charge in [-0.25, -0.2) is 0 Å². The van der Waals surface area contributed by atoms with E-state index in [0.717, 1.165) is 18.2 Å². The molecule has 2 atom stereocenters. The minimum atomic E-state index is 0.376. The molecule has 0 saturated heterocycles. The van der Waals surface area contributed by atoms with Crippen molar-refractivity contribution in [3.05, 3.63) is 42.5 Å². The van der Waals surface area contributed by atoms with E-state index in [4.69, 9.17) is 4.74 Å². The second-order valence-corrected chi connectivity index (χ2v) is 9.51. The van der Waals surface area contributed by atoms with Gasteiger partial charge in [0.15, 0.2) is 0 Å².